The van der Waals surface area contributed by atoms with Crippen molar-refractivity contribution < 1.29 is 4.74 Å². The number of nitrogens with one attached hydrogen (secondary N) is 1. The van der Waals surface area contributed by atoms with Crippen LogP contribution in [-0.2, 0) is 13.1 Å². The van der Waals surface area contributed by atoms with Crippen LogP contribution in [0.4, 0.5) is 5.82 Å². The van der Waals surface area contributed by atoms with E-state index in [1.54, 1.807) is 10.8 Å². The number of rotatable bonds is 7. The Morgan fingerprint density at radius 3 is 2.10 bits per heavy atom. The van der Waals surface area contributed by atoms with Crippen LogP contribution in [0.5, 0.6) is 11.5 Å². The van der Waals surface area contributed by atoms with Gasteiger partial charge in [0.05, 0.1) is 6.54 Å². The zero-order valence-corrected chi connectivity index (χ0v) is 15.9. The van der Waals surface area contributed by atoms with Crippen LogP contribution in [0.1, 0.15) is 11.1 Å². The van der Waals surface area contributed by atoms with Crippen molar-refractivity contribution in [3.05, 3.63) is 119 Å². The Morgan fingerprint density at radius 2 is 1.41 bits per heavy atom. The molecule has 3 aromatic carbocycles. The van der Waals surface area contributed by atoms with Crippen LogP contribution in [0.3, 0.4) is 0 Å². The van der Waals surface area contributed by atoms with Gasteiger partial charge in [-0.2, -0.15) is 4.98 Å². The minimum atomic E-state index is -0.285. The molecule has 0 aliphatic heterocycles. The smallest absolute Gasteiger partial charge is 0.349 e. The first-order valence-corrected chi connectivity index (χ1v) is 9.43. The van der Waals surface area contributed by atoms with E-state index in [4.69, 9.17) is 4.74 Å². The van der Waals surface area contributed by atoms with Crippen molar-refractivity contribution in [2.75, 3.05) is 5.32 Å². The fraction of sp³-hybridized carbons (Fsp3) is 0.0833. The summed E-state index contributed by atoms with van der Waals surface area (Å²) in [7, 11) is 0. The first-order chi connectivity index (χ1) is 14.3. The predicted octanol–water partition coefficient (Wildman–Crippen LogP) is 4.70. The van der Waals surface area contributed by atoms with Gasteiger partial charge in [-0.3, -0.25) is 4.57 Å². The maximum atomic E-state index is 12.4. The highest BCUT2D eigenvalue weighted by Gasteiger charge is 2.03. The van der Waals surface area contributed by atoms with Gasteiger partial charge in [0, 0.05) is 12.7 Å². The Morgan fingerprint density at radius 1 is 0.759 bits per heavy atom. The molecular formula is C24H21N3O2. The molecule has 29 heavy (non-hydrogen) atoms. The quantitative estimate of drug-likeness (QED) is 0.503. The van der Waals surface area contributed by atoms with E-state index in [0.29, 0.717) is 18.9 Å². The molecule has 0 radical (unpaired) electrons. The Labute approximate surface area is 169 Å². The van der Waals surface area contributed by atoms with E-state index >= 15 is 0 Å². The van der Waals surface area contributed by atoms with Crippen LogP contribution < -0.4 is 15.7 Å². The van der Waals surface area contributed by atoms with Gasteiger partial charge in [-0.25, -0.2) is 4.79 Å². The van der Waals surface area contributed by atoms with Crippen molar-refractivity contribution in [3.8, 4) is 11.5 Å². The third-order valence-corrected chi connectivity index (χ3v) is 4.45. The van der Waals surface area contributed by atoms with E-state index in [-0.39, 0.29) is 5.69 Å². The largest absolute Gasteiger partial charge is 0.457 e. The monoisotopic (exact) mass is 383 g/mol. The summed E-state index contributed by atoms with van der Waals surface area (Å²) in [6.45, 7) is 1.08. The van der Waals surface area contributed by atoms with Gasteiger partial charge in [0.25, 0.3) is 0 Å². The van der Waals surface area contributed by atoms with Crippen LogP contribution in [0, 0.1) is 0 Å². The fourth-order valence-electron chi connectivity index (χ4n) is 2.92. The summed E-state index contributed by atoms with van der Waals surface area (Å²) in [5.41, 5.74) is 1.85. The molecule has 0 atom stereocenters. The van der Waals surface area contributed by atoms with Crippen LogP contribution >= 0.6 is 0 Å². The molecule has 0 fully saturated rings. The predicted molar refractivity (Wildman–Crippen MR) is 114 cm³/mol. The minimum Gasteiger partial charge on any atom is -0.457 e. The number of anilines is 1. The molecular weight excluding hydrogens is 362 g/mol. The highest BCUT2D eigenvalue weighted by molar-refractivity contribution is 5.35. The second-order valence-electron chi connectivity index (χ2n) is 6.62. The molecule has 0 spiro atoms. The van der Waals surface area contributed by atoms with Gasteiger partial charge in [0.2, 0.25) is 0 Å². The Kier molecular flexibility index (Phi) is 5.67. The van der Waals surface area contributed by atoms with Crippen molar-refractivity contribution >= 4 is 5.82 Å². The van der Waals surface area contributed by atoms with Crippen LogP contribution in [0.2, 0.25) is 0 Å². The van der Waals surface area contributed by atoms with Gasteiger partial charge in [-0.15, -0.1) is 0 Å². The van der Waals surface area contributed by atoms with Gasteiger partial charge in [-0.05, 0) is 41.5 Å². The summed E-state index contributed by atoms with van der Waals surface area (Å²) in [4.78, 5) is 16.5. The van der Waals surface area contributed by atoms with Crippen LogP contribution in [-0.4, -0.2) is 9.55 Å². The Bertz CT molecular complexity index is 1110. The first kappa shape index (κ1) is 18.5. The second-order valence-corrected chi connectivity index (χ2v) is 6.62. The van der Waals surface area contributed by atoms with Crippen molar-refractivity contribution in [1.29, 1.82) is 0 Å². The number of ether oxygens (including phenoxy) is 1. The average molecular weight is 383 g/mol. The normalized spacial score (nSPS) is 10.5. The maximum Gasteiger partial charge on any atom is 0.349 e. The van der Waals surface area contributed by atoms with Gasteiger partial charge >= 0.3 is 5.69 Å². The van der Waals surface area contributed by atoms with Gasteiger partial charge < -0.3 is 10.1 Å². The summed E-state index contributed by atoms with van der Waals surface area (Å²) in [6, 6.07) is 29.1. The molecule has 0 amide bonds. The van der Waals surface area contributed by atoms with Crippen molar-refractivity contribution in [1.82, 2.24) is 9.55 Å². The van der Waals surface area contributed by atoms with E-state index in [0.717, 1.165) is 22.6 Å². The number of para-hydroxylation sites is 1. The zero-order chi connectivity index (χ0) is 19.9. The third kappa shape index (κ3) is 5.11. The molecule has 144 valence electrons. The van der Waals surface area contributed by atoms with Crippen molar-refractivity contribution in [2.45, 2.75) is 13.1 Å². The molecule has 5 heteroatoms. The van der Waals surface area contributed by atoms with Crippen molar-refractivity contribution in [2.24, 2.45) is 0 Å². The molecule has 1 N–H and O–H groups in total. The number of benzene rings is 3. The molecule has 5 nitrogen and oxygen atoms in total. The highest BCUT2D eigenvalue weighted by Crippen LogP contribution is 2.21. The number of hydrogen-bond acceptors (Lipinski definition) is 4. The Hall–Kier alpha value is -3.86. The third-order valence-electron chi connectivity index (χ3n) is 4.45. The molecule has 0 aliphatic rings. The first-order valence-electron chi connectivity index (χ1n) is 9.43. The van der Waals surface area contributed by atoms with Crippen molar-refractivity contribution in [3.63, 3.8) is 0 Å². The summed E-state index contributed by atoms with van der Waals surface area (Å²) in [5, 5.41) is 3.18. The van der Waals surface area contributed by atoms with Crippen LogP contribution in [0.25, 0.3) is 0 Å². The minimum absolute atomic E-state index is 0.285. The molecule has 4 rings (SSSR count). The van der Waals surface area contributed by atoms with Gasteiger partial charge in [0.15, 0.2) is 0 Å². The molecule has 0 saturated carbocycles. The molecule has 0 bridgehead atoms. The lowest BCUT2D eigenvalue weighted by atomic mass is 10.2. The average Bonchev–Trinajstić information content (AvgIpc) is 2.77. The lowest BCUT2D eigenvalue weighted by Crippen LogP contribution is -2.23. The molecule has 4 aromatic rings. The summed E-state index contributed by atoms with van der Waals surface area (Å²) < 4.78 is 7.38. The van der Waals surface area contributed by atoms with E-state index in [9.17, 15) is 4.79 Å². The second kappa shape index (κ2) is 8.89. The summed E-state index contributed by atoms with van der Waals surface area (Å²) >= 11 is 0. The number of hydrogen-bond donors (Lipinski definition) is 1. The summed E-state index contributed by atoms with van der Waals surface area (Å²) in [6.07, 6.45) is 1.76. The van der Waals surface area contributed by atoms with Crippen LogP contribution in [0.15, 0.2) is 102 Å². The maximum absolute atomic E-state index is 12.4. The molecule has 1 aromatic heterocycles. The topological polar surface area (TPSA) is 56.2 Å². The lowest BCUT2D eigenvalue weighted by Gasteiger charge is -2.09. The SMILES string of the molecule is O=c1nc(NCc2ccccc2)ccn1Cc1ccc(Oc2ccccc2)cc1. The molecule has 0 saturated heterocycles. The molecule has 0 unspecified atom stereocenters. The number of nitrogens with zero attached hydrogens (tertiary/aromatic N) is 2. The fourth-order valence-corrected chi connectivity index (χ4v) is 2.92. The van der Waals surface area contributed by atoms with E-state index in [2.05, 4.69) is 10.3 Å². The standard InChI is InChI=1S/C24H21N3O2/c28-24-26-23(25-17-19-7-3-1-4-8-19)15-16-27(24)18-20-11-13-22(14-12-20)29-21-9-5-2-6-10-21/h1-16H,17-18H2,(H,25,26,28). The Balaban J connectivity index is 1.38. The molecule has 0 aliphatic carbocycles. The van der Waals surface area contributed by atoms with E-state index in [1.807, 2.05) is 91.0 Å². The lowest BCUT2D eigenvalue weighted by molar-refractivity contribution is 0.482. The number of aromatic nitrogens is 2. The van der Waals surface area contributed by atoms with E-state index < -0.39 is 0 Å². The zero-order valence-electron chi connectivity index (χ0n) is 15.9. The summed E-state index contributed by atoms with van der Waals surface area (Å²) in [5.74, 6) is 2.12. The molecule has 1 heterocycles. The van der Waals surface area contributed by atoms with E-state index in [1.165, 1.54) is 0 Å². The van der Waals surface area contributed by atoms with Gasteiger partial charge in [0.1, 0.15) is 17.3 Å². The van der Waals surface area contributed by atoms with Gasteiger partial charge in [-0.1, -0.05) is 60.7 Å². The highest BCUT2D eigenvalue weighted by atomic mass is 16.5.